The Morgan fingerprint density at radius 3 is 2.47 bits per heavy atom. The highest BCUT2D eigenvalue weighted by Crippen LogP contribution is 2.34. The van der Waals surface area contributed by atoms with Gasteiger partial charge in [-0.2, -0.15) is 4.98 Å². The molecule has 2 aromatic carbocycles. The topological polar surface area (TPSA) is 75.9 Å². The van der Waals surface area contributed by atoms with Crippen molar-refractivity contribution in [2.75, 3.05) is 26.0 Å². The van der Waals surface area contributed by atoms with E-state index in [0.717, 1.165) is 39.5 Å². The van der Waals surface area contributed by atoms with Crippen LogP contribution in [-0.2, 0) is 13.0 Å². The molecule has 0 unspecified atom stereocenters. The lowest BCUT2D eigenvalue weighted by molar-refractivity contribution is 0.413. The van der Waals surface area contributed by atoms with E-state index in [0.29, 0.717) is 34.3 Å². The standard InChI is InChI=1S/C29H29ClN6OS/c1-5-36-27-21(16-32-29(34-27)33-22-9-6-19(7-10-22)12-13-35(3)4)14-24(28(36)37)23-11-8-20(15-25(23)30)26-17-31-18(2)38-26/h6-11,14-17H,5,12-13H2,1-4H3,(H,32,33,34). The van der Waals surface area contributed by atoms with E-state index >= 15 is 0 Å². The van der Waals surface area contributed by atoms with Gasteiger partial charge in [0.25, 0.3) is 5.56 Å². The van der Waals surface area contributed by atoms with Crippen LogP contribution < -0.4 is 10.9 Å². The largest absolute Gasteiger partial charge is 0.324 e. The van der Waals surface area contributed by atoms with Gasteiger partial charge in [-0.15, -0.1) is 11.3 Å². The Balaban J connectivity index is 1.46. The number of aryl methyl sites for hydroxylation is 2. The van der Waals surface area contributed by atoms with Gasteiger partial charge < -0.3 is 10.2 Å². The number of likely N-dealkylation sites (N-methyl/N-ethyl adjacent to an activating group) is 1. The molecule has 38 heavy (non-hydrogen) atoms. The summed E-state index contributed by atoms with van der Waals surface area (Å²) in [6, 6.07) is 15.8. The summed E-state index contributed by atoms with van der Waals surface area (Å²) in [5, 5.41) is 5.54. The third-order valence-electron chi connectivity index (χ3n) is 6.37. The predicted octanol–water partition coefficient (Wildman–Crippen LogP) is 6.41. The van der Waals surface area contributed by atoms with Crippen LogP contribution in [-0.4, -0.2) is 45.1 Å². The fourth-order valence-corrected chi connectivity index (χ4v) is 5.38. The molecule has 0 bridgehead atoms. The summed E-state index contributed by atoms with van der Waals surface area (Å²) >= 11 is 8.30. The lowest BCUT2D eigenvalue weighted by atomic mass is 10.0. The fourth-order valence-electron chi connectivity index (χ4n) is 4.32. The average molecular weight is 545 g/mol. The Bertz CT molecular complexity index is 1660. The van der Waals surface area contributed by atoms with E-state index in [2.05, 4.69) is 46.4 Å². The first-order valence-corrected chi connectivity index (χ1v) is 13.7. The van der Waals surface area contributed by atoms with Crippen LogP contribution in [0.5, 0.6) is 0 Å². The lowest BCUT2D eigenvalue weighted by Crippen LogP contribution is -2.22. The van der Waals surface area contributed by atoms with Gasteiger partial charge in [0.15, 0.2) is 0 Å². The van der Waals surface area contributed by atoms with Crippen molar-refractivity contribution in [1.82, 2.24) is 24.4 Å². The van der Waals surface area contributed by atoms with Gasteiger partial charge in [-0.05, 0) is 69.8 Å². The number of hydrogen-bond donors (Lipinski definition) is 1. The zero-order valence-corrected chi connectivity index (χ0v) is 23.4. The minimum atomic E-state index is -0.141. The molecule has 5 rings (SSSR count). The van der Waals surface area contributed by atoms with Gasteiger partial charge in [-0.25, -0.2) is 9.97 Å². The minimum absolute atomic E-state index is 0.141. The first-order chi connectivity index (χ1) is 18.3. The number of halogens is 1. The zero-order chi connectivity index (χ0) is 26.8. The van der Waals surface area contributed by atoms with Crippen LogP contribution in [0.2, 0.25) is 5.02 Å². The monoisotopic (exact) mass is 544 g/mol. The van der Waals surface area contributed by atoms with Crippen LogP contribution in [0.15, 0.2) is 65.7 Å². The van der Waals surface area contributed by atoms with Gasteiger partial charge >= 0.3 is 0 Å². The second-order valence-corrected chi connectivity index (χ2v) is 11.0. The lowest BCUT2D eigenvalue weighted by Gasteiger charge is -2.13. The Kier molecular flexibility index (Phi) is 7.56. The number of anilines is 2. The highest BCUT2D eigenvalue weighted by molar-refractivity contribution is 7.15. The van der Waals surface area contributed by atoms with Crippen LogP contribution in [0.1, 0.15) is 17.5 Å². The molecule has 0 aliphatic carbocycles. The second-order valence-electron chi connectivity index (χ2n) is 9.39. The van der Waals surface area contributed by atoms with E-state index in [1.54, 1.807) is 22.1 Å². The molecule has 0 amide bonds. The van der Waals surface area contributed by atoms with Gasteiger partial charge in [0.2, 0.25) is 5.95 Å². The Morgan fingerprint density at radius 2 is 1.82 bits per heavy atom. The molecule has 0 saturated carbocycles. The number of nitrogens with one attached hydrogen (secondary N) is 1. The summed E-state index contributed by atoms with van der Waals surface area (Å²) in [5.41, 5.74) is 4.78. The van der Waals surface area contributed by atoms with Crippen molar-refractivity contribution in [2.45, 2.75) is 26.8 Å². The Morgan fingerprint density at radius 1 is 1.03 bits per heavy atom. The van der Waals surface area contributed by atoms with Gasteiger partial charge in [-0.1, -0.05) is 35.9 Å². The molecule has 0 fully saturated rings. The van der Waals surface area contributed by atoms with Crippen LogP contribution in [0.4, 0.5) is 11.6 Å². The van der Waals surface area contributed by atoms with Crippen LogP contribution in [0.3, 0.4) is 0 Å². The SMILES string of the molecule is CCn1c(=O)c(-c2ccc(-c3cnc(C)s3)cc2Cl)cc2cnc(Nc3ccc(CCN(C)C)cc3)nc21. The molecule has 194 valence electrons. The van der Waals surface area contributed by atoms with Gasteiger partial charge in [-0.3, -0.25) is 9.36 Å². The highest BCUT2D eigenvalue weighted by atomic mass is 35.5. The van der Waals surface area contributed by atoms with E-state index in [9.17, 15) is 4.79 Å². The molecule has 1 N–H and O–H groups in total. The molecular weight excluding hydrogens is 516 g/mol. The van der Waals surface area contributed by atoms with Crippen molar-refractivity contribution in [1.29, 1.82) is 0 Å². The number of aromatic nitrogens is 4. The number of nitrogens with zero attached hydrogens (tertiary/aromatic N) is 5. The normalized spacial score (nSPS) is 11.4. The van der Waals surface area contributed by atoms with Crippen molar-refractivity contribution in [3.8, 4) is 21.6 Å². The molecule has 0 aliphatic heterocycles. The van der Waals surface area contributed by atoms with Crippen LogP contribution in [0, 0.1) is 6.92 Å². The molecule has 0 radical (unpaired) electrons. The molecule has 3 heterocycles. The van der Waals surface area contributed by atoms with E-state index in [1.165, 1.54) is 5.56 Å². The molecule has 3 aromatic heterocycles. The predicted molar refractivity (Wildman–Crippen MR) is 158 cm³/mol. The Labute approximate surface area is 230 Å². The molecule has 0 saturated heterocycles. The number of rotatable bonds is 8. The summed E-state index contributed by atoms with van der Waals surface area (Å²) < 4.78 is 1.67. The highest BCUT2D eigenvalue weighted by Gasteiger charge is 2.16. The van der Waals surface area contributed by atoms with Crippen molar-refractivity contribution >= 4 is 45.6 Å². The van der Waals surface area contributed by atoms with Crippen molar-refractivity contribution < 1.29 is 0 Å². The minimum Gasteiger partial charge on any atom is -0.324 e. The molecule has 0 aliphatic rings. The average Bonchev–Trinajstić information content (AvgIpc) is 3.34. The van der Waals surface area contributed by atoms with Gasteiger partial charge in [0, 0.05) is 52.7 Å². The summed E-state index contributed by atoms with van der Waals surface area (Å²) in [6.07, 6.45) is 4.57. The number of benzene rings is 2. The summed E-state index contributed by atoms with van der Waals surface area (Å²) in [5.74, 6) is 0.440. The molecule has 0 spiro atoms. The smallest absolute Gasteiger partial charge is 0.260 e. The molecule has 0 atom stereocenters. The van der Waals surface area contributed by atoms with Crippen LogP contribution in [0.25, 0.3) is 32.6 Å². The second kappa shape index (κ2) is 11.0. The molecule has 5 aromatic rings. The third-order valence-corrected chi connectivity index (χ3v) is 7.64. The molecular formula is C29H29ClN6OS. The molecule has 9 heteroatoms. The van der Waals surface area contributed by atoms with Gasteiger partial charge in [0.05, 0.1) is 9.88 Å². The van der Waals surface area contributed by atoms with Crippen molar-refractivity contribution in [3.05, 3.63) is 86.9 Å². The third kappa shape index (κ3) is 5.48. The first-order valence-electron chi connectivity index (χ1n) is 12.5. The van der Waals surface area contributed by atoms with E-state index in [4.69, 9.17) is 16.6 Å². The number of hydrogen-bond acceptors (Lipinski definition) is 7. The number of thiazole rings is 1. The van der Waals surface area contributed by atoms with E-state index < -0.39 is 0 Å². The summed E-state index contributed by atoms with van der Waals surface area (Å²) in [6.45, 7) is 5.37. The maximum atomic E-state index is 13.6. The fraction of sp³-hybridized carbons (Fsp3) is 0.241. The maximum absolute atomic E-state index is 13.6. The number of fused-ring (bicyclic) bond motifs is 1. The quantitative estimate of drug-likeness (QED) is 0.243. The van der Waals surface area contributed by atoms with Crippen LogP contribution >= 0.6 is 22.9 Å². The van der Waals surface area contributed by atoms with Crippen molar-refractivity contribution in [2.24, 2.45) is 0 Å². The zero-order valence-electron chi connectivity index (χ0n) is 21.8. The maximum Gasteiger partial charge on any atom is 0.260 e. The first kappa shape index (κ1) is 26.0. The summed E-state index contributed by atoms with van der Waals surface area (Å²) in [4.78, 5) is 30.3. The molecule has 7 nitrogen and oxygen atoms in total. The summed E-state index contributed by atoms with van der Waals surface area (Å²) in [7, 11) is 4.14. The Hall–Kier alpha value is -3.59. The van der Waals surface area contributed by atoms with Gasteiger partial charge in [0.1, 0.15) is 5.65 Å². The van der Waals surface area contributed by atoms with E-state index in [1.807, 2.05) is 56.4 Å². The van der Waals surface area contributed by atoms with E-state index in [-0.39, 0.29) is 5.56 Å². The van der Waals surface area contributed by atoms with Crippen molar-refractivity contribution in [3.63, 3.8) is 0 Å². The number of pyridine rings is 1.